The standard InChI is InChI=1S/C12H21N/c1-4-12(3,5-2)10-8-6-7-9-11(10)13/h8-9H,4-7,13H2,1-3H3. The smallest absolute Gasteiger partial charge is 0.0308 e. The lowest BCUT2D eigenvalue weighted by molar-refractivity contribution is 0.369. The van der Waals surface area contributed by atoms with Gasteiger partial charge in [-0.05, 0) is 36.7 Å². The van der Waals surface area contributed by atoms with Gasteiger partial charge in [0.15, 0.2) is 0 Å². The minimum Gasteiger partial charge on any atom is -0.399 e. The Balaban J connectivity index is 2.91. The summed E-state index contributed by atoms with van der Waals surface area (Å²) in [5.74, 6) is 0. The van der Waals surface area contributed by atoms with Crippen molar-refractivity contribution in [1.29, 1.82) is 0 Å². The summed E-state index contributed by atoms with van der Waals surface area (Å²) in [6.07, 6.45) is 9.10. The van der Waals surface area contributed by atoms with E-state index in [0.717, 1.165) is 18.5 Å². The molecule has 0 aromatic heterocycles. The molecule has 0 fully saturated rings. The molecule has 0 spiro atoms. The van der Waals surface area contributed by atoms with E-state index >= 15 is 0 Å². The predicted octanol–water partition coefficient (Wildman–Crippen LogP) is 3.38. The Kier molecular flexibility index (Phi) is 3.18. The van der Waals surface area contributed by atoms with Crippen molar-refractivity contribution >= 4 is 0 Å². The van der Waals surface area contributed by atoms with Gasteiger partial charge in [-0.25, -0.2) is 0 Å². The van der Waals surface area contributed by atoms with E-state index in [-0.39, 0.29) is 0 Å². The molecule has 1 aliphatic carbocycles. The van der Waals surface area contributed by atoms with Gasteiger partial charge in [0.1, 0.15) is 0 Å². The summed E-state index contributed by atoms with van der Waals surface area (Å²) in [4.78, 5) is 0. The Hall–Kier alpha value is -0.720. The van der Waals surface area contributed by atoms with Crippen molar-refractivity contribution in [2.24, 2.45) is 11.1 Å². The van der Waals surface area contributed by atoms with Crippen LogP contribution in [-0.4, -0.2) is 0 Å². The zero-order valence-corrected chi connectivity index (χ0v) is 9.06. The maximum Gasteiger partial charge on any atom is 0.0308 e. The Morgan fingerprint density at radius 1 is 1.23 bits per heavy atom. The molecular weight excluding hydrogens is 158 g/mol. The van der Waals surface area contributed by atoms with Crippen LogP contribution in [0.15, 0.2) is 23.4 Å². The Morgan fingerprint density at radius 2 is 1.77 bits per heavy atom. The van der Waals surface area contributed by atoms with Gasteiger partial charge in [0.2, 0.25) is 0 Å². The van der Waals surface area contributed by atoms with Gasteiger partial charge < -0.3 is 5.73 Å². The van der Waals surface area contributed by atoms with Crippen molar-refractivity contribution in [2.75, 3.05) is 0 Å². The fraction of sp³-hybridized carbons (Fsp3) is 0.667. The Bertz CT molecular complexity index is 232. The van der Waals surface area contributed by atoms with Gasteiger partial charge in [-0.1, -0.05) is 32.9 Å². The summed E-state index contributed by atoms with van der Waals surface area (Å²) in [6.45, 7) is 6.79. The second kappa shape index (κ2) is 3.99. The SMILES string of the molecule is CCC(C)(CC)C1=CCCC=C1N. The van der Waals surface area contributed by atoms with Crippen molar-refractivity contribution in [3.63, 3.8) is 0 Å². The maximum absolute atomic E-state index is 6.01. The van der Waals surface area contributed by atoms with Gasteiger partial charge in [0, 0.05) is 5.70 Å². The molecule has 0 unspecified atom stereocenters. The summed E-state index contributed by atoms with van der Waals surface area (Å²) in [6, 6.07) is 0. The largest absolute Gasteiger partial charge is 0.399 e. The van der Waals surface area contributed by atoms with Crippen molar-refractivity contribution in [2.45, 2.75) is 46.5 Å². The van der Waals surface area contributed by atoms with Gasteiger partial charge in [-0.2, -0.15) is 0 Å². The highest BCUT2D eigenvalue weighted by Gasteiger charge is 2.26. The summed E-state index contributed by atoms with van der Waals surface area (Å²) in [5, 5.41) is 0. The molecular formula is C12H21N. The lowest BCUT2D eigenvalue weighted by atomic mass is 9.74. The number of hydrogen-bond acceptors (Lipinski definition) is 1. The molecule has 1 aliphatic rings. The predicted molar refractivity (Wildman–Crippen MR) is 58.3 cm³/mol. The topological polar surface area (TPSA) is 26.0 Å². The van der Waals surface area contributed by atoms with E-state index in [0.29, 0.717) is 5.41 Å². The number of rotatable bonds is 3. The van der Waals surface area contributed by atoms with Crippen LogP contribution in [0.4, 0.5) is 0 Å². The fourth-order valence-corrected chi connectivity index (χ4v) is 1.92. The summed E-state index contributed by atoms with van der Waals surface area (Å²) in [5.41, 5.74) is 8.69. The molecule has 0 saturated carbocycles. The van der Waals surface area contributed by atoms with Gasteiger partial charge in [0.05, 0.1) is 0 Å². The molecule has 0 saturated heterocycles. The number of hydrogen-bond donors (Lipinski definition) is 1. The van der Waals surface area contributed by atoms with Gasteiger partial charge >= 0.3 is 0 Å². The fourth-order valence-electron chi connectivity index (χ4n) is 1.92. The van der Waals surface area contributed by atoms with E-state index in [1.807, 2.05) is 0 Å². The molecule has 0 bridgehead atoms. The molecule has 0 heterocycles. The third-order valence-electron chi connectivity index (χ3n) is 3.40. The van der Waals surface area contributed by atoms with Crippen LogP contribution >= 0.6 is 0 Å². The molecule has 0 amide bonds. The number of nitrogens with two attached hydrogens (primary N) is 1. The highest BCUT2D eigenvalue weighted by atomic mass is 14.6. The van der Waals surface area contributed by atoms with Gasteiger partial charge in [-0.15, -0.1) is 0 Å². The molecule has 1 nitrogen and oxygen atoms in total. The molecule has 0 aliphatic heterocycles. The van der Waals surface area contributed by atoms with Crippen LogP contribution in [0, 0.1) is 5.41 Å². The zero-order valence-electron chi connectivity index (χ0n) is 9.06. The van der Waals surface area contributed by atoms with Crippen LogP contribution < -0.4 is 5.73 Å². The van der Waals surface area contributed by atoms with E-state index in [4.69, 9.17) is 5.73 Å². The second-order valence-electron chi connectivity index (χ2n) is 4.12. The molecule has 1 rings (SSSR count). The first-order chi connectivity index (χ1) is 6.14. The maximum atomic E-state index is 6.01. The van der Waals surface area contributed by atoms with Gasteiger partial charge in [-0.3, -0.25) is 0 Å². The third kappa shape index (κ3) is 1.96. The van der Waals surface area contributed by atoms with Gasteiger partial charge in [0.25, 0.3) is 0 Å². The van der Waals surface area contributed by atoms with E-state index < -0.39 is 0 Å². The van der Waals surface area contributed by atoms with E-state index in [1.54, 1.807) is 0 Å². The first kappa shape index (κ1) is 10.4. The molecule has 1 heteroatoms. The van der Waals surface area contributed by atoms with Crippen molar-refractivity contribution in [3.05, 3.63) is 23.4 Å². The van der Waals surface area contributed by atoms with Crippen LogP contribution in [-0.2, 0) is 0 Å². The lowest BCUT2D eigenvalue weighted by Gasteiger charge is -2.32. The second-order valence-corrected chi connectivity index (χ2v) is 4.12. The molecule has 13 heavy (non-hydrogen) atoms. The first-order valence-corrected chi connectivity index (χ1v) is 5.30. The minimum atomic E-state index is 0.293. The molecule has 0 atom stereocenters. The molecule has 74 valence electrons. The van der Waals surface area contributed by atoms with Crippen molar-refractivity contribution in [3.8, 4) is 0 Å². The molecule has 2 N–H and O–H groups in total. The van der Waals surface area contributed by atoms with Crippen LogP contribution in [0.1, 0.15) is 46.5 Å². The van der Waals surface area contributed by atoms with Crippen LogP contribution in [0.2, 0.25) is 0 Å². The molecule has 0 aromatic carbocycles. The average Bonchev–Trinajstić information content (AvgIpc) is 2.17. The first-order valence-electron chi connectivity index (χ1n) is 5.30. The van der Waals surface area contributed by atoms with Crippen LogP contribution in [0.25, 0.3) is 0 Å². The number of allylic oxidation sites excluding steroid dienone is 3. The summed E-state index contributed by atoms with van der Waals surface area (Å²) < 4.78 is 0. The third-order valence-corrected chi connectivity index (χ3v) is 3.40. The van der Waals surface area contributed by atoms with Crippen molar-refractivity contribution in [1.82, 2.24) is 0 Å². The molecule has 0 aromatic rings. The summed E-state index contributed by atoms with van der Waals surface area (Å²) in [7, 11) is 0. The zero-order chi connectivity index (χ0) is 9.90. The highest BCUT2D eigenvalue weighted by Crippen LogP contribution is 2.38. The normalized spacial score (nSPS) is 18.1. The Morgan fingerprint density at radius 3 is 2.23 bits per heavy atom. The van der Waals surface area contributed by atoms with E-state index in [1.165, 1.54) is 18.4 Å². The van der Waals surface area contributed by atoms with E-state index in [2.05, 4.69) is 32.9 Å². The van der Waals surface area contributed by atoms with Crippen LogP contribution in [0.5, 0.6) is 0 Å². The molecule has 0 radical (unpaired) electrons. The summed E-state index contributed by atoms with van der Waals surface area (Å²) >= 11 is 0. The monoisotopic (exact) mass is 179 g/mol. The average molecular weight is 179 g/mol. The van der Waals surface area contributed by atoms with E-state index in [9.17, 15) is 0 Å². The highest BCUT2D eigenvalue weighted by molar-refractivity contribution is 5.36. The Labute approximate surface area is 81.7 Å². The quantitative estimate of drug-likeness (QED) is 0.706. The minimum absolute atomic E-state index is 0.293. The van der Waals surface area contributed by atoms with Crippen LogP contribution in [0.3, 0.4) is 0 Å². The lowest BCUT2D eigenvalue weighted by Crippen LogP contribution is -2.23. The van der Waals surface area contributed by atoms with Crippen molar-refractivity contribution < 1.29 is 0 Å².